The van der Waals surface area contributed by atoms with Crippen LogP contribution in [-0.4, -0.2) is 7.11 Å². The molecule has 0 bridgehead atoms. The highest BCUT2D eigenvalue weighted by molar-refractivity contribution is 7.97. The summed E-state index contributed by atoms with van der Waals surface area (Å²) in [6.07, 6.45) is 0. The van der Waals surface area contributed by atoms with Gasteiger partial charge in [-0.1, -0.05) is 48.5 Å². The predicted octanol–water partition coefficient (Wildman–Crippen LogP) is 5.10. The molecule has 0 saturated carbocycles. The lowest BCUT2D eigenvalue weighted by Gasteiger charge is -2.12. The molecule has 0 saturated heterocycles. The van der Waals surface area contributed by atoms with Crippen molar-refractivity contribution in [2.24, 2.45) is 0 Å². The lowest BCUT2D eigenvalue weighted by Crippen LogP contribution is -2.07. The van der Waals surface area contributed by atoms with Crippen molar-refractivity contribution in [3.05, 3.63) is 84.4 Å². The van der Waals surface area contributed by atoms with Gasteiger partial charge in [0.2, 0.25) is 4.90 Å². The molecule has 0 aliphatic rings. The maximum Gasteiger partial charge on any atom is 0.208 e. The molecule has 2 heteroatoms. The normalized spacial score (nSPS) is 10.7. The molecule has 22 heavy (non-hydrogen) atoms. The van der Waals surface area contributed by atoms with Gasteiger partial charge in [-0.2, -0.15) is 0 Å². The van der Waals surface area contributed by atoms with Crippen LogP contribution in [0.5, 0.6) is 5.75 Å². The number of rotatable bonds is 4. The van der Waals surface area contributed by atoms with Crippen LogP contribution in [0.15, 0.2) is 93.5 Å². The molecule has 0 unspecified atom stereocenters. The molecule has 0 fully saturated rings. The van der Waals surface area contributed by atoms with Crippen molar-refractivity contribution in [2.45, 2.75) is 21.6 Å². The average Bonchev–Trinajstić information content (AvgIpc) is 2.57. The molecule has 110 valence electrons. The first kappa shape index (κ1) is 14.7. The highest BCUT2D eigenvalue weighted by atomic mass is 32.2. The molecule has 0 atom stereocenters. The number of aryl methyl sites for hydroxylation is 1. The first-order chi connectivity index (χ1) is 10.8. The van der Waals surface area contributed by atoms with E-state index in [1.54, 1.807) is 7.11 Å². The van der Waals surface area contributed by atoms with Gasteiger partial charge in [-0.25, -0.2) is 0 Å². The van der Waals surface area contributed by atoms with E-state index in [4.69, 9.17) is 4.74 Å². The summed E-state index contributed by atoms with van der Waals surface area (Å²) < 4.78 is 5.71. The zero-order valence-electron chi connectivity index (χ0n) is 12.8. The molecule has 0 N–H and O–H groups in total. The summed E-state index contributed by atoms with van der Waals surface area (Å²) in [4.78, 5) is 3.84. The molecule has 0 aliphatic heterocycles. The Kier molecular flexibility index (Phi) is 4.50. The van der Waals surface area contributed by atoms with Crippen molar-refractivity contribution < 1.29 is 4.74 Å². The molecule has 3 aromatic rings. The monoisotopic (exact) mass is 307 g/mol. The minimum atomic E-state index is -0.161. The standard InChI is InChI=1S/C20H19OS/c1-16-10-9-15-19(20(16)21-2)22(17-11-5-3-6-12-17)18-13-7-4-8-14-18/h3-15H,1-2H3/q+1. The molecule has 3 rings (SSSR count). The van der Waals surface area contributed by atoms with Crippen LogP contribution in [0.25, 0.3) is 0 Å². The summed E-state index contributed by atoms with van der Waals surface area (Å²) in [5, 5.41) is 0. The Morgan fingerprint density at radius 2 is 1.23 bits per heavy atom. The lowest BCUT2D eigenvalue weighted by molar-refractivity contribution is 0.401. The van der Waals surface area contributed by atoms with E-state index in [9.17, 15) is 0 Å². The molecule has 0 spiro atoms. The SMILES string of the molecule is COc1c(C)cccc1[S+](c1ccccc1)c1ccccc1. The molecule has 3 aromatic carbocycles. The minimum Gasteiger partial charge on any atom is -0.491 e. The number of benzene rings is 3. The number of hydrogen-bond donors (Lipinski definition) is 0. The van der Waals surface area contributed by atoms with Gasteiger partial charge >= 0.3 is 0 Å². The van der Waals surface area contributed by atoms with E-state index in [2.05, 4.69) is 85.8 Å². The quantitative estimate of drug-likeness (QED) is 0.609. The molecule has 0 radical (unpaired) electrons. The first-order valence-corrected chi connectivity index (χ1v) is 8.51. The van der Waals surface area contributed by atoms with Crippen LogP contribution in [0.3, 0.4) is 0 Å². The highest BCUT2D eigenvalue weighted by Crippen LogP contribution is 2.37. The van der Waals surface area contributed by atoms with E-state index in [1.807, 2.05) is 0 Å². The smallest absolute Gasteiger partial charge is 0.208 e. The van der Waals surface area contributed by atoms with Crippen LogP contribution in [0, 0.1) is 6.92 Å². The van der Waals surface area contributed by atoms with Gasteiger partial charge in [0, 0.05) is 0 Å². The molecule has 0 aromatic heterocycles. The summed E-state index contributed by atoms with van der Waals surface area (Å²) >= 11 is 0. The number of ether oxygens (including phenoxy) is 1. The van der Waals surface area contributed by atoms with E-state index in [1.165, 1.54) is 20.2 Å². The van der Waals surface area contributed by atoms with Gasteiger partial charge in [-0.15, -0.1) is 0 Å². The van der Waals surface area contributed by atoms with Crippen LogP contribution < -0.4 is 4.74 Å². The van der Waals surface area contributed by atoms with Crippen molar-refractivity contribution in [3.63, 3.8) is 0 Å². The Hall–Kier alpha value is -2.19. The fourth-order valence-electron chi connectivity index (χ4n) is 2.55. The average molecular weight is 307 g/mol. The Morgan fingerprint density at radius 1 is 0.682 bits per heavy atom. The topological polar surface area (TPSA) is 9.23 Å². The van der Waals surface area contributed by atoms with E-state index in [0.717, 1.165) is 5.75 Å². The summed E-state index contributed by atoms with van der Waals surface area (Å²) in [6.45, 7) is 2.10. The molecular weight excluding hydrogens is 288 g/mol. The Labute approximate surface area is 134 Å². The molecular formula is C20H19OS+. The van der Waals surface area contributed by atoms with Crippen molar-refractivity contribution >= 4 is 10.9 Å². The summed E-state index contributed by atoms with van der Waals surface area (Å²) in [7, 11) is 1.59. The van der Waals surface area contributed by atoms with E-state index >= 15 is 0 Å². The number of methoxy groups -OCH3 is 1. The number of para-hydroxylation sites is 1. The highest BCUT2D eigenvalue weighted by Gasteiger charge is 2.32. The molecule has 1 nitrogen and oxygen atoms in total. The molecule has 0 heterocycles. The van der Waals surface area contributed by atoms with Gasteiger partial charge in [0.25, 0.3) is 0 Å². The van der Waals surface area contributed by atoms with Crippen LogP contribution in [0.4, 0.5) is 0 Å². The minimum absolute atomic E-state index is 0.161. The third-order valence-corrected chi connectivity index (χ3v) is 5.81. The van der Waals surface area contributed by atoms with E-state index in [0.29, 0.717) is 0 Å². The van der Waals surface area contributed by atoms with Gasteiger partial charge < -0.3 is 4.74 Å². The van der Waals surface area contributed by atoms with Crippen molar-refractivity contribution in [1.29, 1.82) is 0 Å². The second-order valence-corrected chi connectivity index (χ2v) is 7.03. The number of hydrogen-bond acceptors (Lipinski definition) is 1. The fraction of sp³-hybridized carbons (Fsp3) is 0.100. The fourth-order valence-corrected chi connectivity index (χ4v) is 4.83. The molecule has 0 aliphatic carbocycles. The van der Waals surface area contributed by atoms with Crippen molar-refractivity contribution in [2.75, 3.05) is 7.11 Å². The third kappa shape index (κ3) is 2.88. The predicted molar refractivity (Wildman–Crippen MR) is 92.8 cm³/mol. The summed E-state index contributed by atoms with van der Waals surface area (Å²) in [5.41, 5.74) is 1.17. The van der Waals surface area contributed by atoms with Gasteiger partial charge in [0.1, 0.15) is 10.9 Å². The second kappa shape index (κ2) is 6.71. The Bertz CT molecular complexity index is 699. The van der Waals surface area contributed by atoms with E-state index in [-0.39, 0.29) is 10.9 Å². The van der Waals surface area contributed by atoms with Gasteiger partial charge in [0.05, 0.1) is 7.11 Å². The zero-order valence-corrected chi connectivity index (χ0v) is 13.6. The van der Waals surface area contributed by atoms with Gasteiger partial charge in [-0.05, 0) is 42.8 Å². The Balaban J connectivity index is 2.21. The first-order valence-electron chi connectivity index (χ1n) is 7.29. The van der Waals surface area contributed by atoms with Crippen LogP contribution in [0.1, 0.15) is 5.56 Å². The zero-order chi connectivity index (χ0) is 15.4. The lowest BCUT2D eigenvalue weighted by atomic mass is 10.2. The van der Waals surface area contributed by atoms with Crippen LogP contribution in [-0.2, 0) is 10.9 Å². The molecule has 0 amide bonds. The van der Waals surface area contributed by atoms with Crippen molar-refractivity contribution in [3.8, 4) is 5.75 Å². The van der Waals surface area contributed by atoms with Gasteiger partial charge in [-0.3, -0.25) is 0 Å². The Morgan fingerprint density at radius 3 is 1.73 bits per heavy atom. The summed E-state index contributed by atoms with van der Waals surface area (Å²) in [6, 6.07) is 27.7. The third-order valence-electron chi connectivity index (χ3n) is 3.56. The second-order valence-electron chi connectivity index (χ2n) is 5.04. The largest absolute Gasteiger partial charge is 0.491 e. The maximum absolute atomic E-state index is 5.71. The maximum atomic E-state index is 5.71. The van der Waals surface area contributed by atoms with Crippen LogP contribution >= 0.6 is 0 Å². The van der Waals surface area contributed by atoms with E-state index < -0.39 is 0 Å². The van der Waals surface area contributed by atoms with Crippen molar-refractivity contribution in [1.82, 2.24) is 0 Å². The van der Waals surface area contributed by atoms with Gasteiger partial charge in [0.15, 0.2) is 15.5 Å². The van der Waals surface area contributed by atoms with Crippen LogP contribution in [0.2, 0.25) is 0 Å². The summed E-state index contributed by atoms with van der Waals surface area (Å²) in [5.74, 6) is 0.985.